The molecule has 2 unspecified atom stereocenters. The molecule has 0 bridgehead atoms. The summed E-state index contributed by atoms with van der Waals surface area (Å²) in [6.45, 7) is 12.3. The lowest BCUT2D eigenvalue weighted by Gasteiger charge is -2.30. The molecule has 34 heavy (non-hydrogen) atoms. The van der Waals surface area contributed by atoms with Crippen LogP contribution in [0.2, 0.25) is 0 Å². The Morgan fingerprint density at radius 1 is 1.06 bits per heavy atom. The average Bonchev–Trinajstić information content (AvgIpc) is 3.24. The first-order chi connectivity index (χ1) is 16.2. The Morgan fingerprint density at radius 3 is 2.44 bits per heavy atom. The van der Waals surface area contributed by atoms with Crippen molar-refractivity contribution in [1.29, 1.82) is 0 Å². The van der Waals surface area contributed by atoms with Gasteiger partial charge in [-0.15, -0.1) is 0 Å². The molecule has 4 nitrogen and oxygen atoms in total. The number of carbonyl (C=O) groups excluding carboxylic acids is 2. The zero-order valence-corrected chi connectivity index (χ0v) is 21.6. The van der Waals surface area contributed by atoms with E-state index in [4.69, 9.17) is 4.74 Å². The van der Waals surface area contributed by atoms with Crippen molar-refractivity contribution in [2.75, 3.05) is 24.6 Å². The van der Waals surface area contributed by atoms with Crippen LogP contribution >= 0.6 is 0 Å². The molecule has 0 saturated carbocycles. The molecule has 0 fully saturated rings. The molecule has 0 spiro atoms. The molecule has 184 valence electrons. The molecule has 0 radical (unpaired) electrons. The highest BCUT2D eigenvalue weighted by molar-refractivity contribution is 5.92. The van der Waals surface area contributed by atoms with Crippen LogP contribution in [-0.2, 0) is 16.0 Å². The number of unbranched alkanes of at least 4 members (excludes halogenated alkanes) is 1. The molecule has 2 aromatic rings. The SMILES string of the molecule is CCCCC(CC)COC(=O)c1ccc2c(c1)CCN2CC(C(=O)C(C)(C)C)c1ccccc1. The number of rotatable bonds is 11. The lowest BCUT2D eigenvalue weighted by atomic mass is 9.79. The maximum atomic E-state index is 13.3. The Balaban J connectivity index is 1.71. The molecular formula is C30H41NO3. The van der Waals surface area contributed by atoms with Gasteiger partial charge in [-0.05, 0) is 48.1 Å². The number of anilines is 1. The fourth-order valence-corrected chi connectivity index (χ4v) is 4.73. The fraction of sp³-hybridized carbons (Fsp3) is 0.533. The van der Waals surface area contributed by atoms with Gasteiger partial charge in [0.15, 0.2) is 0 Å². The number of Topliss-reactive ketones (excluding diaryl/α,β-unsaturated/α-hetero) is 1. The Kier molecular flexibility index (Phi) is 8.93. The Bertz CT molecular complexity index is 961. The second-order valence-corrected chi connectivity index (χ2v) is 10.6. The lowest BCUT2D eigenvalue weighted by Crippen LogP contribution is -2.36. The van der Waals surface area contributed by atoms with Gasteiger partial charge in [-0.25, -0.2) is 4.79 Å². The predicted octanol–water partition coefficient (Wildman–Crippen LogP) is 6.82. The van der Waals surface area contributed by atoms with Gasteiger partial charge in [-0.3, -0.25) is 4.79 Å². The summed E-state index contributed by atoms with van der Waals surface area (Å²) in [7, 11) is 0. The third-order valence-electron chi connectivity index (χ3n) is 6.96. The molecule has 0 N–H and O–H groups in total. The van der Waals surface area contributed by atoms with E-state index < -0.39 is 5.41 Å². The second-order valence-electron chi connectivity index (χ2n) is 10.6. The second kappa shape index (κ2) is 11.7. The summed E-state index contributed by atoms with van der Waals surface area (Å²) in [4.78, 5) is 28.3. The smallest absolute Gasteiger partial charge is 0.338 e. The summed E-state index contributed by atoms with van der Waals surface area (Å²) in [5.74, 6) is 0.261. The Morgan fingerprint density at radius 2 is 1.79 bits per heavy atom. The highest BCUT2D eigenvalue weighted by Crippen LogP contribution is 2.34. The number of carbonyl (C=O) groups is 2. The molecule has 3 rings (SSSR count). The summed E-state index contributed by atoms with van der Waals surface area (Å²) < 4.78 is 5.66. The maximum Gasteiger partial charge on any atom is 0.338 e. The molecule has 2 atom stereocenters. The van der Waals surface area contributed by atoms with Crippen LogP contribution in [0, 0.1) is 11.3 Å². The average molecular weight is 464 g/mol. The zero-order valence-electron chi connectivity index (χ0n) is 21.6. The number of nitrogens with zero attached hydrogens (tertiary/aromatic N) is 1. The molecule has 1 aliphatic rings. The maximum absolute atomic E-state index is 13.3. The van der Waals surface area contributed by atoms with Crippen molar-refractivity contribution in [3.8, 4) is 0 Å². The van der Waals surface area contributed by atoms with Crippen molar-refractivity contribution < 1.29 is 14.3 Å². The lowest BCUT2D eigenvalue weighted by molar-refractivity contribution is -0.127. The van der Waals surface area contributed by atoms with Gasteiger partial charge in [0.25, 0.3) is 0 Å². The molecule has 1 heterocycles. The number of esters is 1. The van der Waals surface area contributed by atoms with E-state index in [9.17, 15) is 9.59 Å². The Labute approximate surface area is 205 Å². The number of ether oxygens (including phenoxy) is 1. The largest absolute Gasteiger partial charge is 0.462 e. The number of hydrogen-bond donors (Lipinski definition) is 0. The van der Waals surface area contributed by atoms with Crippen LogP contribution in [0.15, 0.2) is 48.5 Å². The van der Waals surface area contributed by atoms with E-state index in [0.717, 1.165) is 49.0 Å². The van der Waals surface area contributed by atoms with E-state index in [1.165, 1.54) is 6.42 Å². The Hall–Kier alpha value is -2.62. The molecule has 0 amide bonds. The molecule has 0 saturated heterocycles. The van der Waals surface area contributed by atoms with Crippen molar-refractivity contribution >= 4 is 17.4 Å². The van der Waals surface area contributed by atoms with Crippen LogP contribution in [0.25, 0.3) is 0 Å². The van der Waals surface area contributed by atoms with Gasteiger partial charge >= 0.3 is 5.97 Å². The van der Waals surface area contributed by atoms with Crippen LogP contribution in [0.1, 0.15) is 87.7 Å². The molecule has 0 aliphatic carbocycles. The topological polar surface area (TPSA) is 46.6 Å². The summed E-state index contributed by atoms with van der Waals surface area (Å²) in [5, 5.41) is 0. The van der Waals surface area contributed by atoms with Gasteiger partial charge in [0.05, 0.1) is 18.1 Å². The van der Waals surface area contributed by atoms with Crippen molar-refractivity contribution in [3.05, 3.63) is 65.2 Å². The minimum absolute atomic E-state index is 0.189. The van der Waals surface area contributed by atoms with Gasteiger partial charge in [0, 0.05) is 24.2 Å². The van der Waals surface area contributed by atoms with Crippen molar-refractivity contribution in [2.45, 2.75) is 72.6 Å². The van der Waals surface area contributed by atoms with Crippen molar-refractivity contribution in [3.63, 3.8) is 0 Å². The molecular weight excluding hydrogens is 422 g/mol. The van der Waals surface area contributed by atoms with Gasteiger partial charge < -0.3 is 9.64 Å². The summed E-state index contributed by atoms with van der Waals surface area (Å²) in [6, 6.07) is 16.0. The fourth-order valence-electron chi connectivity index (χ4n) is 4.73. The minimum Gasteiger partial charge on any atom is -0.462 e. The van der Waals surface area contributed by atoms with E-state index >= 15 is 0 Å². The highest BCUT2D eigenvalue weighted by Gasteiger charge is 2.33. The first-order valence-electron chi connectivity index (χ1n) is 12.9. The van der Waals surface area contributed by atoms with Gasteiger partial charge in [0.1, 0.15) is 5.78 Å². The van der Waals surface area contributed by atoms with Crippen LogP contribution in [-0.4, -0.2) is 31.4 Å². The van der Waals surface area contributed by atoms with Crippen LogP contribution in [0.5, 0.6) is 0 Å². The number of benzene rings is 2. The van der Waals surface area contributed by atoms with E-state index in [1.807, 2.05) is 57.2 Å². The number of fused-ring (bicyclic) bond motifs is 1. The van der Waals surface area contributed by atoms with E-state index in [1.54, 1.807) is 0 Å². The zero-order chi connectivity index (χ0) is 24.7. The summed E-state index contributed by atoms with van der Waals surface area (Å²) in [6.07, 6.45) is 5.35. The van der Waals surface area contributed by atoms with Crippen LogP contribution in [0.3, 0.4) is 0 Å². The van der Waals surface area contributed by atoms with Crippen LogP contribution < -0.4 is 4.90 Å². The third-order valence-corrected chi connectivity index (χ3v) is 6.96. The van der Waals surface area contributed by atoms with Gasteiger partial charge in [-0.1, -0.05) is 84.2 Å². The monoisotopic (exact) mass is 463 g/mol. The number of ketones is 1. The third kappa shape index (κ3) is 6.49. The molecule has 0 aromatic heterocycles. The normalized spacial score (nSPS) is 15.0. The summed E-state index contributed by atoms with van der Waals surface area (Å²) >= 11 is 0. The van der Waals surface area contributed by atoms with E-state index in [2.05, 4.69) is 30.9 Å². The van der Waals surface area contributed by atoms with E-state index in [-0.39, 0.29) is 17.7 Å². The first-order valence-corrected chi connectivity index (χ1v) is 12.9. The van der Waals surface area contributed by atoms with Crippen molar-refractivity contribution in [1.82, 2.24) is 0 Å². The standard InChI is InChI=1S/C30H41NO3/c1-6-8-12-22(7-2)21-34-29(33)25-15-16-27-24(19-25)17-18-31(27)20-26(28(32)30(3,4)5)23-13-10-9-11-14-23/h9-11,13-16,19,22,26H,6-8,12,17-18,20-21H2,1-5H3. The van der Waals surface area contributed by atoms with E-state index in [0.29, 0.717) is 24.6 Å². The minimum atomic E-state index is -0.413. The first kappa shape index (κ1) is 26.0. The predicted molar refractivity (Wildman–Crippen MR) is 140 cm³/mol. The molecule has 4 heteroatoms. The molecule has 1 aliphatic heterocycles. The quantitative estimate of drug-likeness (QED) is 0.343. The van der Waals surface area contributed by atoms with Gasteiger partial charge in [0.2, 0.25) is 0 Å². The van der Waals surface area contributed by atoms with Crippen molar-refractivity contribution in [2.24, 2.45) is 11.3 Å². The molecule has 2 aromatic carbocycles. The number of hydrogen-bond acceptors (Lipinski definition) is 4. The summed E-state index contributed by atoms with van der Waals surface area (Å²) in [5.41, 5.74) is 3.54. The van der Waals surface area contributed by atoms with Gasteiger partial charge in [-0.2, -0.15) is 0 Å². The van der Waals surface area contributed by atoms with Crippen LogP contribution in [0.4, 0.5) is 5.69 Å². The highest BCUT2D eigenvalue weighted by atomic mass is 16.5.